The molecular formula is C24H39N2O10PS3. The number of aromatic nitrogens is 2. The Morgan fingerprint density at radius 3 is 2.05 bits per heavy atom. The molecule has 0 amide bonds. The second-order valence-corrected chi connectivity index (χ2v) is 15.6. The molecule has 1 aromatic heterocycles. The van der Waals surface area contributed by atoms with Gasteiger partial charge in [-0.1, -0.05) is 65.1 Å². The van der Waals surface area contributed by atoms with Crippen LogP contribution in [0.5, 0.6) is 0 Å². The molecule has 0 bridgehead atoms. The number of rotatable bonds is 12. The normalized spacial score (nSPS) is 23.9. The summed E-state index contributed by atoms with van der Waals surface area (Å²) in [5, 5.41) is 21.6. The SMILES string of the molecule is CC(C)(C)C(=O)SCCOP(=O)(OCCSC(=O)C(C)(C)C)OC[C@H]1O[C@@H](n2ccc(=O)[nH]c2=S)[C@](C)(O)C1O. The maximum absolute atomic E-state index is 13.4. The van der Waals surface area contributed by atoms with Gasteiger partial charge in [0.2, 0.25) is 0 Å². The number of aliphatic hydroxyl groups excluding tert-OH is 1. The zero-order valence-corrected chi connectivity index (χ0v) is 27.0. The van der Waals surface area contributed by atoms with Gasteiger partial charge in [0.15, 0.2) is 21.2 Å². The molecule has 1 aromatic rings. The lowest BCUT2D eigenvalue weighted by Gasteiger charge is -2.28. The Morgan fingerprint density at radius 1 is 1.10 bits per heavy atom. The Balaban J connectivity index is 2.09. The van der Waals surface area contributed by atoms with Gasteiger partial charge in [-0.2, -0.15) is 0 Å². The van der Waals surface area contributed by atoms with E-state index in [0.717, 1.165) is 23.5 Å². The van der Waals surface area contributed by atoms with Crippen molar-refractivity contribution in [2.45, 2.75) is 72.5 Å². The predicted octanol–water partition coefficient (Wildman–Crippen LogP) is 3.68. The number of H-pyrrole nitrogens is 1. The standard InChI is InChI=1S/C24H39N2O10PS3/c1-22(2,3)19(29)39-12-10-33-37(32,34-11-13-40-20(30)23(4,5)6)35-14-15-17(28)24(7,31)18(36-15)26-9-8-16(27)25-21(26)38/h8-9,15,17-18,28,31H,10-14H2,1-7H3,(H,25,27,38)/t15-,17?,18-,24-/m1/s1. The highest BCUT2D eigenvalue weighted by Crippen LogP contribution is 2.51. The van der Waals surface area contributed by atoms with Crippen LogP contribution in [0.2, 0.25) is 0 Å². The molecule has 2 rings (SSSR count). The number of aromatic amines is 1. The summed E-state index contributed by atoms with van der Waals surface area (Å²) in [6.07, 6.45) is -2.55. The zero-order valence-electron chi connectivity index (χ0n) is 23.7. The molecule has 0 saturated carbocycles. The molecule has 0 aromatic carbocycles. The molecule has 1 aliphatic rings. The first kappa shape index (κ1) is 35.3. The van der Waals surface area contributed by atoms with Gasteiger partial charge in [-0.15, -0.1) is 0 Å². The van der Waals surface area contributed by atoms with Crippen molar-refractivity contribution >= 4 is 53.8 Å². The minimum atomic E-state index is -4.25. The van der Waals surface area contributed by atoms with Crippen molar-refractivity contribution in [2.24, 2.45) is 10.8 Å². The Kier molecular flexibility index (Phi) is 12.4. The minimum absolute atomic E-state index is 0.0338. The van der Waals surface area contributed by atoms with E-state index in [0.29, 0.717) is 0 Å². The number of ether oxygens (including phenoxy) is 1. The number of hydrogen-bond acceptors (Lipinski definition) is 13. The fourth-order valence-corrected chi connectivity index (χ4v) is 6.52. The first-order valence-electron chi connectivity index (χ1n) is 12.5. The summed E-state index contributed by atoms with van der Waals surface area (Å²) in [5.41, 5.74) is -3.42. The van der Waals surface area contributed by atoms with E-state index >= 15 is 0 Å². The van der Waals surface area contributed by atoms with E-state index in [9.17, 15) is 29.2 Å². The van der Waals surface area contributed by atoms with Crippen LogP contribution in [-0.2, 0) is 32.5 Å². The third-order valence-corrected chi connectivity index (χ3v) is 9.88. The highest BCUT2D eigenvalue weighted by molar-refractivity contribution is 8.14. The zero-order chi connectivity index (χ0) is 30.5. The van der Waals surface area contributed by atoms with Crippen LogP contribution in [-0.4, -0.2) is 79.1 Å². The summed E-state index contributed by atoms with van der Waals surface area (Å²) in [6.45, 7) is 11.3. The van der Waals surface area contributed by atoms with Crippen LogP contribution < -0.4 is 5.56 Å². The third kappa shape index (κ3) is 9.85. The number of aliphatic hydroxyl groups is 2. The van der Waals surface area contributed by atoms with Gasteiger partial charge in [0.05, 0.1) is 19.8 Å². The van der Waals surface area contributed by atoms with Crippen LogP contribution in [0.25, 0.3) is 0 Å². The molecule has 1 unspecified atom stereocenters. The van der Waals surface area contributed by atoms with Crippen LogP contribution in [0.3, 0.4) is 0 Å². The van der Waals surface area contributed by atoms with Gasteiger partial charge < -0.3 is 14.9 Å². The van der Waals surface area contributed by atoms with E-state index in [-0.39, 0.29) is 39.7 Å². The van der Waals surface area contributed by atoms with Gasteiger partial charge in [0.1, 0.15) is 17.8 Å². The molecule has 40 heavy (non-hydrogen) atoms. The number of thioether (sulfide) groups is 2. The summed E-state index contributed by atoms with van der Waals surface area (Å²) in [7, 11) is -4.25. The number of carbonyl (C=O) groups excluding carboxylic acids is 2. The molecule has 0 radical (unpaired) electrons. The van der Waals surface area contributed by atoms with Crippen molar-refractivity contribution in [1.82, 2.24) is 9.55 Å². The van der Waals surface area contributed by atoms with E-state index in [2.05, 4.69) is 4.98 Å². The molecule has 4 atom stereocenters. The molecule has 0 aliphatic carbocycles. The van der Waals surface area contributed by atoms with Crippen molar-refractivity contribution < 1.29 is 42.7 Å². The first-order chi connectivity index (χ1) is 18.3. The molecule has 3 N–H and O–H groups in total. The topological polar surface area (TPSA) is 166 Å². The van der Waals surface area contributed by atoms with E-state index in [1.165, 1.54) is 23.8 Å². The van der Waals surface area contributed by atoms with Crippen molar-refractivity contribution in [3.8, 4) is 0 Å². The van der Waals surface area contributed by atoms with E-state index < -0.39 is 54.9 Å². The van der Waals surface area contributed by atoms with Gasteiger partial charge in [0.25, 0.3) is 5.56 Å². The molecule has 16 heteroatoms. The molecule has 1 fully saturated rings. The minimum Gasteiger partial charge on any atom is -0.387 e. The maximum Gasteiger partial charge on any atom is 0.474 e. The summed E-state index contributed by atoms with van der Waals surface area (Å²) in [6, 6.07) is 1.19. The largest absolute Gasteiger partial charge is 0.474 e. The Hall–Kier alpha value is -0.870. The molecule has 12 nitrogen and oxygen atoms in total. The Morgan fingerprint density at radius 2 is 1.60 bits per heavy atom. The lowest BCUT2D eigenvalue weighted by molar-refractivity contribution is -0.118. The second kappa shape index (κ2) is 14.1. The van der Waals surface area contributed by atoms with Gasteiger partial charge in [-0.05, 0) is 19.1 Å². The quantitative estimate of drug-likeness (QED) is 0.172. The van der Waals surface area contributed by atoms with E-state index in [1.807, 2.05) is 0 Å². The first-order valence-corrected chi connectivity index (χ1v) is 16.4. The van der Waals surface area contributed by atoms with Gasteiger partial charge in [-0.3, -0.25) is 37.5 Å². The van der Waals surface area contributed by atoms with Crippen molar-refractivity contribution in [1.29, 1.82) is 0 Å². The summed E-state index contributed by atoms with van der Waals surface area (Å²) in [5.74, 6) is 0.377. The molecular weight excluding hydrogens is 603 g/mol. The highest BCUT2D eigenvalue weighted by atomic mass is 32.2. The van der Waals surface area contributed by atoms with E-state index in [4.69, 9.17) is 30.5 Å². The smallest absolute Gasteiger partial charge is 0.387 e. The number of carbonyl (C=O) groups is 2. The van der Waals surface area contributed by atoms with Crippen molar-refractivity contribution in [3.05, 3.63) is 27.4 Å². The average molecular weight is 643 g/mol. The number of phosphoric acid groups is 1. The number of phosphoric ester groups is 1. The Labute approximate surface area is 247 Å². The van der Waals surface area contributed by atoms with Gasteiger partial charge in [0, 0.05) is 34.6 Å². The summed E-state index contributed by atoms with van der Waals surface area (Å²) < 4.78 is 36.9. The van der Waals surface area contributed by atoms with E-state index in [1.54, 1.807) is 41.5 Å². The predicted molar refractivity (Wildman–Crippen MR) is 156 cm³/mol. The average Bonchev–Trinajstić information content (AvgIpc) is 3.05. The third-order valence-electron chi connectivity index (χ3n) is 5.61. The molecule has 1 saturated heterocycles. The highest BCUT2D eigenvalue weighted by Gasteiger charge is 2.53. The monoisotopic (exact) mass is 642 g/mol. The van der Waals surface area contributed by atoms with Crippen molar-refractivity contribution in [3.63, 3.8) is 0 Å². The van der Waals surface area contributed by atoms with Crippen LogP contribution in [0, 0.1) is 15.6 Å². The van der Waals surface area contributed by atoms with Crippen LogP contribution in [0.4, 0.5) is 0 Å². The van der Waals surface area contributed by atoms with Crippen LogP contribution in [0.15, 0.2) is 17.1 Å². The van der Waals surface area contributed by atoms with Gasteiger partial charge in [-0.25, -0.2) is 4.57 Å². The van der Waals surface area contributed by atoms with Crippen LogP contribution >= 0.6 is 43.6 Å². The lowest BCUT2D eigenvalue weighted by Crippen LogP contribution is -2.44. The number of nitrogens with zero attached hydrogens (tertiary/aromatic N) is 1. The molecule has 0 spiro atoms. The fourth-order valence-electron chi connectivity index (χ4n) is 3.27. The summed E-state index contributed by atoms with van der Waals surface area (Å²) >= 11 is 7.19. The number of nitrogens with one attached hydrogen (secondary N) is 1. The number of hydrogen-bond donors (Lipinski definition) is 3. The van der Waals surface area contributed by atoms with Gasteiger partial charge >= 0.3 is 7.82 Å². The Bertz CT molecular complexity index is 1170. The summed E-state index contributed by atoms with van der Waals surface area (Å²) in [4.78, 5) is 38.3. The molecule has 1 aliphatic heterocycles. The van der Waals surface area contributed by atoms with Crippen LogP contribution in [0.1, 0.15) is 54.7 Å². The molecule has 2 heterocycles. The van der Waals surface area contributed by atoms with Crippen molar-refractivity contribution in [2.75, 3.05) is 31.3 Å². The molecule has 228 valence electrons. The maximum atomic E-state index is 13.4. The second-order valence-electron chi connectivity index (χ2n) is 11.4. The fraction of sp³-hybridized carbons (Fsp3) is 0.750. The lowest BCUT2D eigenvalue weighted by atomic mass is 9.96.